The Morgan fingerprint density at radius 1 is 1.40 bits per heavy atom. The molecule has 0 spiro atoms. The second-order valence-corrected chi connectivity index (χ2v) is 5.11. The summed E-state index contributed by atoms with van der Waals surface area (Å²) in [5, 5.41) is 6.28. The molecule has 0 aliphatic carbocycles. The van der Waals surface area contributed by atoms with Gasteiger partial charge in [-0.3, -0.25) is 9.69 Å². The van der Waals surface area contributed by atoms with Crippen LogP contribution in [0.15, 0.2) is 18.2 Å². The van der Waals surface area contributed by atoms with Gasteiger partial charge < -0.3 is 15.4 Å². The lowest BCUT2D eigenvalue weighted by atomic mass is 10.2. The molecule has 5 nitrogen and oxygen atoms in total. The maximum absolute atomic E-state index is 12.1. The zero-order valence-electron chi connectivity index (χ0n) is 12.2. The molecule has 0 saturated carbocycles. The number of hydrogen-bond acceptors (Lipinski definition) is 4. The van der Waals surface area contributed by atoms with Crippen LogP contribution in [0.5, 0.6) is 5.75 Å². The standard InChI is InChI=1S/C15H23N3O2/c1-12-10-13(4-5-14(12)20-2)17-15(19)11-18-8-3-6-16-7-9-18/h4-5,10,16H,3,6-9,11H2,1-2H3,(H,17,19). The first-order valence-electron chi connectivity index (χ1n) is 7.06. The van der Waals surface area contributed by atoms with E-state index in [-0.39, 0.29) is 5.91 Å². The van der Waals surface area contributed by atoms with Crippen LogP contribution < -0.4 is 15.4 Å². The number of carbonyl (C=O) groups is 1. The minimum absolute atomic E-state index is 0.0384. The maximum Gasteiger partial charge on any atom is 0.238 e. The van der Waals surface area contributed by atoms with Crippen molar-refractivity contribution in [3.8, 4) is 5.75 Å². The number of anilines is 1. The third-order valence-electron chi connectivity index (χ3n) is 3.48. The van der Waals surface area contributed by atoms with Gasteiger partial charge in [-0.05, 0) is 50.2 Å². The summed E-state index contributed by atoms with van der Waals surface area (Å²) in [5.41, 5.74) is 1.84. The number of nitrogens with zero attached hydrogens (tertiary/aromatic N) is 1. The SMILES string of the molecule is COc1ccc(NC(=O)CN2CCCNCC2)cc1C. The molecule has 1 aromatic carbocycles. The second kappa shape index (κ2) is 7.26. The summed E-state index contributed by atoms with van der Waals surface area (Å²) < 4.78 is 5.21. The number of hydrogen-bond donors (Lipinski definition) is 2. The van der Waals surface area contributed by atoms with E-state index >= 15 is 0 Å². The summed E-state index contributed by atoms with van der Waals surface area (Å²) in [6, 6.07) is 5.68. The lowest BCUT2D eigenvalue weighted by Gasteiger charge is -2.18. The van der Waals surface area contributed by atoms with Crippen LogP contribution in [0.25, 0.3) is 0 Å². The summed E-state index contributed by atoms with van der Waals surface area (Å²) >= 11 is 0. The summed E-state index contributed by atoms with van der Waals surface area (Å²) in [4.78, 5) is 14.2. The molecule has 0 atom stereocenters. The molecule has 2 N–H and O–H groups in total. The highest BCUT2D eigenvalue weighted by atomic mass is 16.5. The predicted molar refractivity (Wildman–Crippen MR) is 80.3 cm³/mol. The third kappa shape index (κ3) is 4.21. The maximum atomic E-state index is 12.1. The highest BCUT2D eigenvalue weighted by Crippen LogP contribution is 2.21. The molecule has 1 aromatic rings. The molecule has 110 valence electrons. The van der Waals surface area contributed by atoms with E-state index < -0.39 is 0 Å². The number of amides is 1. The van der Waals surface area contributed by atoms with Crippen molar-refractivity contribution in [1.82, 2.24) is 10.2 Å². The summed E-state index contributed by atoms with van der Waals surface area (Å²) in [5.74, 6) is 0.873. The van der Waals surface area contributed by atoms with Gasteiger partial charge in [0.25, 0.3) is 0 Å². The molecule has 0 unspecified atom stereocenters. The molecule has 1 amide bonds. The largest absolute Gasteiger partial charge is 0.496 e. The number of nitrogens with one attached hydrogen (secondary N) is 2. The molecular weight excluding hydrogens is 254 g/mol. The first-order chi connectivity index (χ1) is 9.69. The van der Waals surface area contributed by atoms with Crippen molar-refractivity contribution in [2.75, 3.05) is 45.2 Å². The number of aryl methyl sites for hydroxylation is 1. The molecule has 0 bridgehead atoms. The zero-order valence-corrected chi connectivity index (χ0v) is 12.2. The smallest absolute Gasteiger partial charge is 0.238 e. The van der Waals surface area contributed by atoms with E-state index in [0.717, 1.165) is 49.6 Å². The second-order valence-electron chi connectivity index (χ2n) is 5.11. The molecule has 1 heterocycles. The Balaban J connectivity index is 1.88. The molecule has 1 fully saturated rings. The van der Waals surface area contributed by atoms with E-state index in [0.29, 0.717) is 6.54 Å². The van der Waals surface area contributed by atoms with Gasteiger partial charge in [0.05, 0.1) is 13.7 Å². The van der Waals surface area contributed by atoms with Gasteiger partial charge in [-0.15, -0.1) is 0 Å². The zero-order chi connectivity index (χ0) is 14.4. The Morgan fingerprint density at radius 2 is 2.25 bits per heavy atom. The minimum Gasteiger partial charge on any atom is -0.496 e. The first-order valence-corrected chi connectivity index (χ1v) is 7.06. The van der Waals surface area contributed by atoms with Gasteiger partial charge in [-0.2, -0.15) is 0 Å². The Hall–Kier alpha value is -1.59. The highest BCUT2D eigenvalue weighted by molar-refractivity contribution is 5.92. The fourth-order valence-corrected chi connectivity index (χ4v) is 2.42. The average molecular weight is 277 g/mol. The van der Waals surface area contributed by atoms with Crippen LogP contribution in [-0.4, -0.2) is 50.6 Å². The van der Waals surface area contributed by atoms with Crippen molar-refractivity contribution in [1.29, 1.82) is 0 Å². The number of carbonyl (C=O) groups excluding carboxylic acids is 1. The minimum atomic E-state index is 0.0384. The van der Waals surface area contributed by atoms with Crippen LogP contribution in [0.2, 0.25) is 0 Å². The van der Waals surface area contributed by atoms with Gasteiger partial charge >= 0.3 is 0 Å². The Bertz CT molecular complexity index is 454. The van der Waals surface area contributed by atoms with Gasteiger partial charge in [-0.1, -0.05) is 0 Å². The fourth-order valence-electron chi connectivity index (χ4n) is 2.42. The van der Waals surface area contributed by atoms with E-state index in [1.807, 2.05) is 25.1 Å². The summed E-state index contributed by atoms with van der Waals surface area (Å²) in [6.45, 7) is 6.31. The van der Waals surface area contributed by atoms with Crippen molar-refractivity contribution in [3.05, 3.63) is 23.8 Å². The van der Waals surface area contributed by atoms with Crippen molar-refractivity contribution >= 4 is 11.6 Å². The van der Waals surface area contributed by atoms with Crippen LogP contribution in [-0.2, 0) is 4.79 Å². The van der Waals surface area contributed by atoms with Crippen molar-refractivity contribution in [3.63, 3.8) is 0 Å². The van der Waals surface area contributed by atoms with Crippen LogP contribution in [0.3, 0.4) is 0 Å². The molecule has 2 rings (SSSR count). The molecule has 20 heavy (non-hydrogen) atoms. The van der Waals surface area contributed by atoms with Crippen LogP contribution in [0.4, 0.5) is 5.69 Å². The molecule has 1 saturated heterocycles. The van der Waals surface area contributed by atoms with Crippen molar-refractivity contribution < 1.29 is 9.53 Å². The van der Waals surface area contributed by atoms with E-state index in [1.54, 1.807) is 7.11 Å². The monoisotopic (exact) mass is 277 g/mol. The predicted octanol–water partition coefficient (Wildman–Crippen LogP) is 1.24. The summed E-state index contributed by atoms with van der Waals surface area (Å²) in [7, 11) is 1.65. The first kappa shape index (κ1) is 14.8. The summed E-state index contributed by atoms with van der Waals surface area (Å²) in [6.07, 6.45) is 1.09. The Morgan fingerprint density at radius 3 is 3.00 bits per heavy atom. The molecule has 1 aliphatic rings. The molecular formula is C15H23N3O2. The highest BCUT2D eigenvalue weighted by Gasteiger charge is 2.13. The van der Waals surface area contributed by atoms with Gasteiger partial charge in [0.15, 0.2) is 0 Å². The number of ether oxygens (including phenoxy) is 1. The Kier molecular flexibility index (Phi) is 5.38. The van der Waals surface area contributed by atoms with Crippen molar-refractivity contribution in [2.45, 2.75) is 13.3 Å². The molecule has 1 aliphatic heterocycles. The average Bonchev–Trinajstić information content (AvgIpc) is 2.67. The molecule has 0 aromatic heterocycles. The van der Waals surface area contributed by atoms with Gasteiger partial charge in [-0.25, -0.2) is 0 Å². The van der Waals surface area contributed by atoms with E-state index in [9.17, 15) is 4.79 Å². The quantitative estimate of drug-likeness (QED) is 0.869. The fraction of sp³-hybridized carbons (Fsp3) is 0.533. The Labute approximate surface area is 120 Å². The van der Waals surface area contributed by atoms with E-state index in [1.165, 1.54) is 0 Å². The van der Waals surface area contributed by atoms with Gasteiger partial charge in [0.1, 0.15) is 5.75 Å². The molecule has 5 heteroatoms. The lowest BCUT2D eigenvalue weighted by molar-refractivity contribution is -0.117. The van der Waals surface area contributed by atoms with Crippen LogP contribution in [0.1, 0.15) is 12.0 Å². The van der Waals surface area contributed by atoms with E-state index in [2.05, 4.69) is 15.5 Å². The number of benzene rings is 1. The topological polar surface area (TPSA) is 53.6 Å². The molecule has 0 radical (unpaired) electrons. The number of rotatable bonds is 4. The van der Waals surface area contributed by atoms with Gasteiger partial charge in [0, 0.05) is 18.8 Å². The normalized spacial score (nSPS) is 16.5. The van der Waals surface area contributed by atoms with Gasteiger partial charge in [0.2, 0.25) is 5.91 Å². The van der Waals surface area contributed by atoms with E-state index in [4.69, 9.17) is 4.74 Å². The van der Waals surface area contributed by atoms with Crippen LogP contribution in [0, 0.1) is 6.92 Å². The lowest BCUT2D eigenvalue weighted by Crippen LogP contribution is -2.35. The third-order valence-corrected chi connectivity index (χ3v) is 3.48. The van der Waals surface area contributed by atoms with Crippen LogP contribution >= 0.6 is 0 Å². The number of methoxy groups -OCH3 is 1. The van der Waals surface area contributed by atoms with Crippen molar-refractivity contribution in [2.24, 2.45) is 0 Å².